The molecule has 1 aromatic carbocycles. The first-order valence-corrected chi connectivity index (χ1v) is 7.22. The van der Waals surface area contributed by atoms with Crippen LogP contribution >= 0.6 is 11.6 Å². The van der Waals surface area contributed by atoms with Crippen LogP contribution in [0.5, 0.6) is 5.75 Å². The van der Waals surface area contributed by atoms with Gasteiger partial charge in [-0.2, -0.15) is 0 Å². The van der Waals surface area contributed by atoms with E-state index in [0.717, 1.165) is 37.3 Å². The number of piperazine rings is 1. The summed E-state index contributed by atoms with van der Waals surface area (Å²) in [7, 11) is 1.59. The number of nitrogens with one attached hydrogen (secondary N) is 1. The zero-order valence-corrected chi connectivity index (χ0v) is 13.0. The molecule has 4 nitrogen and oxygen atoms in total. The van der Waals surface area contributed by atoms with Crippen LogP contribution in [0.4, 0.5) is 0 Å². The normalized spacial score (nSPS) is 16.2. The number of ketones is 1. The number of carbonyl (C=O) groups is 1. The van der Waals surface area contributed by atoms with Crippen molar-refractivity contribution in [1.29, 1.82) is 0 Å². The molecule has 0 spiro atoms. The molecule has 1 N–H and O–H groups in total. The number of halogens is 1. The van der Waals surface area contributed by atoms with Crippen molar-refractivity contribution in [2.45, 2.75) is 13.8 Å². The van der Waals surface area contributed by atoms with Crippen molar-refractivity contribution >= 4 is 17.4 Å². The molecular weight excluding hydrogens is 276 g/mol. The van der Waals surface area contributed by atoms with Crippen LogP contribution in [-0.4, -0.2) is 50.5 Å². The molecule has 0 saturated carbocycles. The summed E-state index contributed by atoms with van der Waals surface area (Å²) in [5.41, 5.74) is 2.35. The lowest BCUT2D eigenvalue weighted by atomic mass is 10.00. The summed E-state index contributed by atoms with van der Waals surface area (Å²) in [5, 5.41) is 3.93. The molecule has 0 atom stereocenters. The van der Waals surface area contributed by atoms with Crippen molar-refractivity contribution in [3.8, 4) is 5.75 Å². The molecular formula is C15H21ClN2O2. The van der Waals surface area contributed by atoms with Crippen LogP contribution in [0, 0.1) is 13.8 Å². The minimum atomic E-state index is 0.0724. The standard InChI is InChI=1S/C15H21ClN2O2/c1-10-8-13(20-3)14(11(2)15(10)16)12(19)9-18-6-4-17-5-7-18/h8,17H,4-7,9H2,1-3H3. The smallest absolute Gasteiger partial charge is 0.180 e. The molecule has 1 aliphatic heterocycles. The first-order valence-electron chi connectivity index (χ1n) is 6.84. The van der Waals surface area contributed by atoms with Gasteiger partial charge in [0.05, 0.1) is 19.2 Å². The monoisotopic (exact) mass is 296 g/mol. The minimum Gasteiger partial charge on any atom is -0.496 e. The van der Waals surface area contributed by atoms with E-state index in [1.807, 2.05) is 19.9 Å². The number of rotatable bonds is 4. The van der Waals surface area contributed by atoms with E-state index < -0.39 is 0 Å². The largest absolute Gasteiger partial charge is 0.496 e. The minimum absolute atomic E-state index is 0.0724. The Bertz CT molecular complexity index is 511. The maximum atomic E-state index is 12.6. The number of carbonyl (C=O) groups excluding carboxylic acids is 1. The Morgan fingerprint density at radius 3 is 2.65 bits per heavy atom. The van der Waals surface area contributed by atoms with Gasteiger partial charge in [-0.3, -0.25) is 9.69 Å². The molecule has 5 heteroatoms. The highest BCUT2D eigenvalue weighted by molar-refractivity contribution is 6.32. The zero-order chi connectivity index (χ0) is 14.7. The summed E-state index contributed by atoms with van der Waals surface area (Å²) < 4.78 is 5.36. The molecule has 0 aliphatic carbocycles. The van der Waals surface area contributed by atoms with Gasteiger partial charge >= 0.3 is 0 Å². The van der Waals surface area contributed by atoms with Crippen molar-refractivity contribution in [3.63, 3.8) is 0 Å². The SMILES string of the molecule is COc1cc(C)c(Cl)c(C)c1C(=O)CN1CCNCC1. The van der Waals surface area contributed by atoms with E-state index in [1.54, 1.807) is 7.11 Å². The first kappa shape index (κ1) is 15.3. The molecule has 2 rings (SSSR count). The third kappa shape index (κ3) is 3.14. The number of ether oxygens (including phenoxy) is 1. The molecule has 0 aromatic heterocycles. The van der Waals surface area contributed by atoms with Gasteiger partial charge in [0.2, 0.25) is 0 Å². The van der Waals surface area contributed by atoms with E-state index >= 15 is 0 Å². The summed E-state index contributed by atoms with van der Waals surface area (Å²) in [6.45, 7) is 7.86. The Labute approximate surface area is 125 Å². The number of benzene rings is 1. The third-order valence-corrected chi connectivity index (χ3v) is 4.30. The van der Waals surface area contributed by atoms with Crippen LogP contribution in [0.25, 0.3) is 0 Å². The molecule has 0 unspecified atom stereocenters. The van der Waals surface area contributed by atoms with E-state index in [1.165, 1.54) is 0 Å². The number of aryl methyl sites for hydroxylation is 1. The molecule has 1 heterocycles. The van der Waals surface area contributed by atoms with E-state index in [2.05, 4.69) is 10.2 Å². The van der Waals surface area contributed by atoms with E-state index in [4.69, 9.17) is 16.3 Å². The highest BCUT2D eigenvalue weighted by atomic mass is 35.5. The molecule has 1 aromatic rings. The number of hydrogen-bond acceptors (Lipinski definition) is 4. The third-order valence-electron chi connectivity index (χ3n) is 3.72. The Kier molecular flexibility index (Phi) is 5.02. The van der Waals surface area contributed by atoms with Gasteiger partial charge in [0.25, 0.3) is 0 Å². The molecule has 1 aliphatic rings. The maximum absolute atomic E-state index is 12.6. The van der Waals surface area contributed by atoms with Gasteiger partial charge in [0, 0.05) is 31.2 Å². The molecule has 110 valence electrons. The summed E-state index contributed by atoms with van der Waals surface area (Å²) in [4.78, 5) is 14.7. The average Bonchev–Trinajstić information content (AvgIpc) is 2.45. The summed E-state index contributed by atoms with van der Waals surface area (Å²) in [5.74, 6) is 0.688. The lowest BCUT2D eigenvalue weighted by Gasteiger charge is -2.27. The second-order valence-corrected chi connectivity index (χ2v) is 5.54. The number of hydrogen-bond donors (Lipinski definition) is 1. The van der Waals surface area contributed by atoms with Crippen LogP contribution in [0.2, 0.25) is 5.02 Å². The second-order valence-electron chi connectivity index (χ2n) is 5.16. The predicted molar refractivity (Wildman–Crippen MR) is 81.1 cm³/mol. The van der Waals surface area contributed by atoms with Crippen molar-refractivity contribution in [1.82, 2.24) is 10.2 Å². The van der Waals surface area contributed by atoms with Crippen molar-refractivity contribution in [2.24, 2.45) is 0 Å². The van der Waals surface area contributed by atoms with Gasteiger partial charge in [-0.25, -0.2) is 0 Å². The summed E-state index contributed by atoms with van der Waals surface area (Å²) in [6, 6.07) is 1.83. The average molecular weight is 297 g/mol. The van der Waals surface area contributed by atoms with Gasteiger partial charge in [0.15, 0.2) is 5.78 Å². The molecule has 20 heavy (non-hydrogen) atoms. The van der Waals surface area contributed by atoms with Crippen molar-refractivity contribution in [3.05, 3.63) is 27.8 Å². The van der Waals surface area contributed by atoms with Gasteiger partial charge in [-0.05, 0) is 31.0 Å². The van der Waals surface area contributed by atoms with Gasteiger partial charge in [0.1, 0.15) is 5.75 Å². The van der Waals surface area contributed by atoms with E-state index in [-0.39, 0.29) is 5.78 Å². The number of methoxy groups -OCH3 is 1. The quantitative estimate of drug-likeness (QED) is 0.864. The van der Waals surface area contributed by atoms with Gasteiger partial charge in [-0.15, -0.1) is 0 Å². The second kappa shape index (κ2) is 6.57. The first-order chi connectivity index (χ1) is 9.54. The lowest BCUT2D eigenvalue weighted by Crippen LogP contribution is -2.45. The van der Waals surface area contributed by atoms with Crippen LogP contribution in [0.3, 0.4) is 0 Å². The van der Waals surface area contributed by atoms with Crippen LogP contribution < -0.4 is 10.1 Å². The number of Topliss-reactive ketones (excluding diaryl/α,β-unsaturated/α-hetero) is 1. The van der Waals surface area contributed by atoms with Crippen LogP contribution in [0.15, 0.2) is 6.07 Å². The van der Waals surface area contributed by atoms with E-state index in [9.17, 15) is 4.79 Å². The van der Waals surface area contributed by atoms with E-state index in [0.29, 0.717) is 22.9 Å². The Morgan fingerprint density at radius 1 is 1.40 bits per heavy atom. The zero-order valence-electron chi connectivity index (χ0n) is 12.3. The van der Waals surface area contributed by atoms with Crippen LogP contribution in [-0.2, 0) is 0 Å². The van der Waals surface area contributed by atoms with Gasteiger partial charge in [-0.1, -0.05) is 11.6 Å². The molecule has 0 amide bonds. The topological polar surface area (TPSA) is 41.6 Å². The summed E-state index contributed by atoms with van der Waals surface area (Å²) in [6.07, 6.45) is 0. The highest BCUT2D eigenvalue weighted by Gasteiger charge is 2.22. The number of nitrogens with zero attached hydrogens (tertiary/aromatic N) is 1. The molecule has 1 saturated heterocycles. The molecule has 0 bridgehead atoms. The molecule has 0 radical (unpaired) electrons. The molecule has 1 fully saturated rings. The lowest BCUT2D eigenvalue weighted by molar-refractivity contribution is 0.0918. The van der Waals surface area contributed by atoms with Crippen molar-refractivity contribution < 1.29 is 9.53 Å². The maximum Gasteiger partial charge on any atom is 0.180 e. The van der Waals surface area contributed by atoms with Gasteiger partial charge < -0.3 is 10.1 Å². The Hall–Kier alpha value is -1.10. The fourth-order valence-corrected chi connectivity index (χ4v) is 2.73. The Morgan fingerprint density at radius 2 is 2.05 bits per heavy atom. The fourth-order valence-electron chi connectivity index (χ4n) is 2.58. The Balaban J connectivity index is 2.26. The highest BCUT2D eigenvalue weighted by Crippen LogP contribution is 2.32. The fraction of sp³-hybridized carbons (Fsp3) is 0.533. The van der Waals surface area contributed by atoms with Crippen LogP contribution in [0.1, 0.15) is 21.5 Å². The predicted octanol–water partition coefficient (Wildman–Crippen LogP) is 2.05. The van der Waals surface area contributed by atoms with Crippen molar-refractivity contribution in [2.75, 3.05) is 39.8 Å². The summed E-state index contributed by atoms with van der Waals surface area (Å²) >= 11 is 6.27.